The van der Waals surface area contributed by atoms with Crippen LogP contribution < -0.4 is 5.32 Å². The molecule has 0 bridgehead atoms. The molecule has 1 aliphatic carbocycles. The lowest BCUT2D eigenvalue weighted by atomic mass is 10.1. The van der Waals surface area contributed by atoms with Crippen LogP contribution in [0.25, 0.3) is 0 Å². The molecular formula is C16H15F3N2OS. The topological polar surface area (TPSA) is 42.0 Å². The Morgan fingerprint density at radius 1 is 1.17 bits per heavy atom. The molecule has 0 radical (unpaired) electrons. The number of carbonyl (C=O) groups excluding carboxylic acids is 1. The van der Waals surface area contributed by atoms with Crippen LogP contribution in [-0.4, -0.2) is 10.9 Å². The van der Waals surface area contributed by atoms with Crippen molar-refractivity contribution in [3.8, 4) is 0 Å². The van der Waals surface area contributed by atoms with Gasteiger partial charge < -0.3 is 0 Å². The highest BCUT2D eigenvalue weighted by Crippen LogP contribution is 2.31. The molecule has 1 aliphatic rings. The first-order valence-corrected chi connectivity index (χ1v) is 8.22. The molecular weight excluding hydrogens is 325 g/mol. The van der Waals surface area contributed by atoms with Crippen LogP contribution in [-0.2, 0) is 19.0 Å². The number of thiazole rings is 1. The quantitative estimate of drug-likeness (QED) is 0.806. The fraction of sp³-hybridized carbons (Fsp3) is 0.375. The summed E-state index contributed by atoms with van der Waals surface area (Å²) in [6, 6.07) is 4.40. The highest BCUT2D eigenvalue weighted by atomic mass is 32.1. The maximum absolute atomic E-state index is 12.7. The molecule has 1 aromatic heterocycles. The summed E-state index contributed by atoms with van der Waals surface area (Å²) in [5.74, 6) is -0.569. The van der Waals surface area contributed by atoms with E-state index in [1.807, 2.05) is 0 Å². The molecule has 0 spiro atoms. The smallest absolute Gasteiger partial charge is 0.298 e. The zero-order valence-corrected chi connectivity index (χ0v) is 13.1. The van der Waals surface area contributed by atoms with Crippen molar-refractivity contribution in [1.29, 1.82) is 0 Å². The van der Waals surface area contributed by atoms with Gasteiger partial charge in [0.25, 0.3) is 5.91 Å². The Kier molecular flexibility index (Phi) is 4.39. The van der Waals surface area contributed by atoms with E-state index in [0.717, 1.165) is 43.5 Å². The minimum absolute atomic E-state index is 0.0229. The van der Waals surface area contributed by atoms with Crippen LogP contribution >= 0.6 is 11.3 Å². The summed E-state index contributed by atoms with van der Waals surface area (Å²) in [6.45, 7) is 0. The summed E-state index contributed by atoms with van der Waals surface area (Å²) in [7, 11) is 0. The predicted octanol–water partition coefficient (Wildman–Crippen LogP) is 4.68. The van der Waals surface area contributed by atoms with Crippen molar-refractivity contribution in [3.63, 3.8) is 0 Å². The van der Waals surface area contributed by atoms with E-state index in [0.29, 0.717) is 5.13 Å². The average molecular weight is 340 g/mol. The molecule has 7 heteroatoms. The van der Waals surface area contributed by atoms with Gasteiger partial charge >= 0.3 is 6.18 Å². The van der Waals surface area contributed by atoms with Crippen molar-refractivity contribution in [2.75, 3.05) is 5.32 Å². The number of halogens is 3. The van der Waals surface area contributed by atoms with E-state index in [-0.39, 0.29) is 5.56 Å². The number of nitrogens with zero attached hydrogens (tertiary/aromatic N) is 1. The molecule has 1 heterocycles. The van der Waals surface area contributed by atoms with Crippen molar-refractivity contribution < 1.29 is 18.0 Å². The van der Waals surface area contributed by atoms with E-state index in [9.17, 15) is 18.0 Å². The molecule has 0 aliphatic heterocycles. The number of nitrogens with one attached hydrogen (secondary N) is 1. The Bertz CT molecular complexity index is 701. The zero-order chi connectivity index (χ0) is 16.4. The Labute approximate surface area is 135 Å². The Balaban J connectivity index is 1.77. The third-order valence-electron chi connectivity index (χ3n) is 3.77. The minimum Gasteiger partial charge on any atom is -0.298 e. The number of amides is 1. The maximum atomic E-state index is 12.7. The Morgan fingerprint density at radius 3 is 2.74 bits per heavy atom. The van der Waals surface area contributed by atoms with Crippen LogP contribution in [0.5, 0.6) is 0 Å². The molecule has 122 valence electrons. The third-order valence-corrected chi connectivity index (χ3v) is 4.84. The van der Waals surface area contributed by atoms with Gasteiger partial charge in [-0.3, -0.25) is 10.1 Å². The van der Waals surface area contributed by atoms with Crippen LogP contribution in [0.15, 0.2) is 24.3 Å². The number of anilines is 1. The van der Waals surface area contributed by atoms with Gasteiger partial charge in [-0.2, -0.15) is 13.2 Å². The molecule has 0 saturated heterocycles. The summed E-state index contributed by atoms with van der Waals surface area (Å²) in [4.78, 5) is 17.7. The number of fused-ring (bicyclic) bond motifs is 1. The second-order valence-corrected chi connectivity index (χ2v) is 6.57. The van der Waals surface area contributed by atoms with Crippen LogP contribution in [0, 0.1) is 0 Å². The summed E-state index contributed by atoms with van der Waals surface area (Å²) in [5, 5.41) is 3.07. The SMILES string of the molecule is O=C(Nc1nc2c(s1)CCCCC2)c1cccc(C(F)(F)F)c1. The summed E-state index contributed by atoms with van der Waals surface area (Å²) in [6.07, 6.45) is 0.746. The predicted molar refractivity (Wildman–Crippen MR) is 82.8 cm³/mol. The van der Waals surface area contributed by atoms with Crippen LogP contribution in [0.1, 0.15) is 45.8 Å². The van der Waals surface area contributed by atoms with Gasteiger partial charge in [-0.15, -0.1) is 11.3 Å². The van der Waals surface area contributed by atoms with E-state index in [1.165, 1.54) is 34.8 Å². The van der Waals surface area contributed by atoms with Gasteiger partial charge in [0.2, 0.25) is 0 Å². The van der Waals surface area contributed by atoms with Crippen molar-refractivity contribution >= 4 is 22.4 Å². The second-order valence-electron chi connectivity index (χ2n) is 5.48. The summed E-state index contributed by atoms with van der Waals surface area (Å²) in [5.41, 5.74) is 0.150. The van der Waals surface area contributed by atoms with Crippen LogP contribution in [0.4, 0.5) is 18.3 Å². The van der Waals surface area contributed by atoms with Gasteiger partial charge in [0.05, 0.1) is 11.3 Å². The van der Waals surface area contributed by atoms with Gasteiger partial charge in [0.15, 0.2) is 5.13 Å². The number of hydrogen-bond donors (Lipinski definition) is 1. The number of rotatable bonds is 2. The number of benzene rings is 1. The standard InChI is InChI=1S/C16H15F3N2OS/c17-16(18,19)11-6-4-5-10(9-11)14(22)21-15-20-12-7-2-1-3-8-13(12)23-15/h4-6,9H,1-3,7-8H2,(H,20,21,22). The van der Waals surface area contributed by atoms with E-state index in [1.54, 1.807) is 0 Å². The van der Waals surface area contributed by atoms with Crippen molar-refractivity contribution in [2.45, 2.75) is 38.3 Å². The van der Waals surface area contributed by atoms with Crippen LogP contribution in [0.3, 0.4) is 0 Å². The lowest BCUT2D eigenvalue weighted by Crippen LogP contribution is -2.13. The van der Waals surface area contributed by atoms with Gasteiger partial charge in [-0.1, -0.05) is 12.5 Å². The van der Waals surface area contributed by atoms with Crippen molar-refractivity contribution in [2.24, 2.45) is 0 Å². The van der Waals surface area contributed by atoms with E-state index in [4.69, 9.17) is 0 Å². The monoisotopic (exact) mass is 340 g/mol. The Hall–Kier alpha value is -1.89. The molecule has 0 fully saturated rings. The lowest BCUT2D eigenvalue weighted by molar-refractivity contribution is -0.137. The molecule has 23 heavy (non-hydrogen) atoms. The first-order valence-electron chi connectivity index (χ1n) is 7.41. The van der Waals surface area contributed by atoms with Crippen LogP contribution in [0.2, 0.25) is 0 Å². The number of aryl methyl sites for hydroxylation is 2. The normalized spacial score (nSPS) is 14.9. The summed E-state index contributed by atoms with van der Waals surface area (Å²) < 4.78 is 38.1. The minimum atomic E-state index is -4.46. The van der Waals surface area contributed by atoms with E-state index >= 15 is 0 Å². The fourth-order valence-electron chi connectivity index (χ4n) is 2.59. The van der Waals surface area contributed by atoms with Gasteiger partial charge in [0, 0.05) is 10.4 Å². The molecule has 0 unspecified atom stereocenters. The van der Waals surface area contributed by atoms with Gasteiger partial charge in [0.1, 0.15) is 0 Å². The van der Waals surface area contributed by atoms with E-state index in [2.05, 4.69) is 10.3 Å². The molecule has 1 aromatic carbocycles. The second kappa shape index (κ2) is 6.31. The van der Waals surface area contributed by atoms with Gasteiger partial charge in [-0.05, 0) is 43.9 Å². The molecule has 2 aromatic rings. The molecule has 1 amide bonds. The zero-order valence-electron chi connectivity index (χ0n) is 12.2. The highest BCUT2D eigenvalue weighted by molar-refractivity contribution is 7.15. The fourth-order valence-corrected chi connectivity index (χ4v) is 3.63. The van der Waals surface area contributed by atoms with E-state index < -0.39 is 17.6 Å². The molecule has 0 atom stereocenters. The lowest BCUT2D eigenvalue weighted by Gasteiger charge is -2.08. The summed E-state index contributed by atoms with van der Waals surface area (Å²) >= 11 is 1.42. The first kappa shape index (κ1) is 16.0. The Morgan fingerprint density at radius 2 is 1.96 bits per heavy atom. The van der Waals surface area contributed by atoms with Crippen molar-refractivity contribution in [3.05, 3.63) is 46.0 Å². The third kappa shape index (κ3) is 3.72. The molecule has 3 rings (SSSR count). The number of hydrogen-bond acceptors (Lipinski definition) is 3. The highest BCUT2D eigenvalue weighted by Gasteiger charge is 2.31. The first-order chi connectivity index (χ1) is 10.9. The molecule has 0 saturated carbocycles. The van der Waals surface area contributed by atoms with Gasteiger partial charge in [-0.25, -0.2) is 4.98 Å². The number of carbonyl (C=O) groups is 1. The number of alkyl halides is 3. The largest absolute Gasteiger partial charge is 0.416 e. The molecule has 3 nitrogen and oxygen atoms in total. The number of aromatic nitrogens is 1. The maximum Gasteiger partial charge on any atom is 0.416 e. The molecule has 1 N–H and O–H groups in total. The van der Waals surface area contributed by atoms with Crippen molar-refractivity contribution in [1.82, 2.24) is 4.98 Å². The average Bonchev–Trinajstić information content (AvgIpc) is 2.75.